The van der Waals surface area contributed by atoms with Gasteiger partial charge in [-0.25, -0.2) is 14.1 Å². The number of anilines is 2. The number of halogens is 1. The van der Waals surface area contributed by atoms with Crippen molar-refractivity contribution in [1.29, 1.82) is 0 Å². The lowest BCUT2D eigenvalue weighted by Gasteiger charge is -2.21. The minimum Gasteiger partial charge on any atom is -0.326 e. The molecule has 156 valence electrons. The molecule has 1 saturated heterocycles. The SMILES string of the molecule is O=C(C[C@H]1C(=O)N(c2ccccc2)C(=O)N1Cc1cccnc1)Nc1ccc(F)cc1. The Morgan fingerprint density at radius 2 is 1.74 bits per heavy atom. The van der Waals surface area contributed by atoms with Crippen LogP contribution in [-0.2, 0) is 16.1 Å². The third-order valence-corrected chi connectivity index (χ3v) is 4.92. The molecule has 2 aromatic carbocycles. The Labute approximate surface area is 178 Å². The number of carbonyl (C=O) groups is 3. The summed E-state index contributed by atoms with van der Waals surface area (Å²) in [7, 11) is 0. The number of hydrogen-bond acceptors (Lipinski definition) is 4. The topological polar surface area (TPSA) is 82.6 Å². The standard InChI is InChI=1S/C23H19FN4O3/c24-17-8-10-18(11-9-17)26-21(29)13-20-22(30)28(19-6-2-1-3-7-19)23(31)27(20)15-16-5-4-12-25-14-16/h1-12,14,20H,13,15H2,(H,26,29)/t20-/m0/s1. The molecule has 0 saturated carbocycles. The van der Waals surface area contributed by atoms with E-state index in [2.05, 4.69) is 10.3 Å². The summed E-state index contributed by atoms with van der Waals surface area (Å²) in [6, 6.07) is 16.0. The number of nitrogens with one attached hydrogen (secondary N) is 1. The van der Waals surface area contributed by atoms with E-state index in [1.165, 1.54) is 29.2 Å². The van der Waals surface area contributed by atoms with Gasteiger partial charge in [-0.2, -0.15) is 0 Å². The van der Waals surface area contributed by atoms with Crippen molar-refractivity contribution in [3.8, 4) is 0 Å². The van der Waals surface area contributed by atoms with E-state index in [0.29, 0.717) is 11.4 Å². The Bertz CT molecular complexity index is 1090. The smallest absolute Gasteiger partial charge is 0.326 e. The van der Waals surface area contributed by atoms with Gasteiger partial charge in [-0.1, -0.05) is 24.3 Å². The summed E-state index contributed by atoms with van der Waals surface area (Å²) in [5, 5.41) is 2.64. The van der Waals surface area contributed by atoms with E-state index in [1.54, 1.807) is 54.9 Å². The number of aromatic nitrogens is 1. The van der Waals surface area contributed by atoms with Gasteiger partial charge < -0.3 is 10.2 Å². The first-order valence-electron chi connectivity index (χ1n) is 9.67. The van der Waals surface area contributed by atoms with E-state index in [-0.39, 0.29) is 13.0 Å². The molecule has 0 spiro atoms. The van der Waals surface area contributed by atoms with Crippen molar-refractivity contribution in [1.82, 2.24) is 9.88 Å². The fraction of sp³-hybridized carbons (Fsp3) is 0.130. The summed E-state index contributed by atoms with van der Waals surface area (Å²) in [5.41, 5.74) is 1.58. The number of benzene rings is 2. The van der Waals surface area contributed by atoms with Gasteiger partial charge in [0.05, 0.1) is 12.1 Å². The molecule has 1 fully saturated rings. The van der Waals surface area contributed by atoms with Crippen molar-refractivity contribution in [3.63, 3.8) is 0 Å². The summed E-state index contributed by atoms with van der Waals surface area (Å²) in [6.45, 7) is 0.135. The van der Waals surface area contributed by atoms with Gasteiger partial charge >= 0.3 is 6.03 Å². The zero-order valence-corrected chi connectivity index (χ0v) is 16.4. The molecule has 0 aliphatic carbocycles. The number of amides is 4. The predicted octanol–water partition coefficient (Wildman–Crippen LogP) is 3.59. The van der Waals surface area contributed by atoms with Gasteiger partial charge in [0.1, 0.15) is 11.9 Å². The van der Waals surface area contributed by atoms with Gasteiger partial charge in [0, 0.05) is 24.6 Å². The number of hydrogen-bond donors (Lipinski definition) is 1. The lowest BCUT2D eigenvalue weighted by atomic mass is 10.1. The van der Waals surface area contributed by atoms with Crippen LogP contribution in [0.15, 0.2) is 79.1 Å². The maximum absolute atomic E-state index is 13.2. The number of carbonyl (C=O) groups excluding carboxylic acids is 3. The molecule has 31 heavy (non-hydrogen) atoms. The van der Waals surface area contributed by atoms with E-state index >= 15 is 0 Å². The lowest BCUT2D eigenvalue weighted by Crippen LogP contribution is -2.37. The Morgan fingerprint density at radius 1 is 1.00 bits per heavy atom. The van der Waals surface area contributed by atoms with Crippen LogP contribution in [0, 0.1) is 5.82 Å². The van der Waals surface area contributed by atoms with Crippen LogP contribution in [0.3, 0.4) is 0 Å². The number of pyridine rings is 1. The number of rotatable bonds is 6. The quantitative estimate of drug-likeness (QED) is 0.621. The molecule has 1 aliphatic heterocycles. The molecule has 2 heterocycles. The van der Waals surface area contributed by atoms with Crippen molar-refractivity contribution in [2.24, 2.45) is 0 Å². The van der Waals surface area contributed by atoms with Crippen LogP contribution >= 0.6 is 0 Å². The minimum atomic E-state index is -0.978. The number of imide groups is 1. The monoisotopic (exact) mass is 418 g/mol. The van der Waals surface area contributed by atoms with Crippen LogP contribution in [0.2, 0.25) is 0 Å². The molecule has 0 bridgehead atoms. The van der Waals surface area contributed by atoms with E-state index in [4.69, 9.17) is 0 Å². The summed E-state index contributed by atoms with van der Waals surface area (Å²) >= 11 is 0. The van der Waals surface area contributed by atoms with Gasteiger partial charge in [0.2, 0.25) is 5.91 Å². The highest BCUT2D eigenvalue weighted by Gasteiger charge is 2.46. The predicted molar refractivity (Wildman–Crippen MR) is 113 cm³/mol. The second-order valence-corrected chi connectivity index (χ2v) is 7.06. The zero-order valence-electron chi connectivity index (χ0n) is 16.4. The summed E-state index contributed by atoms with van der Waals surface area (Å²) in [6.07, 6.45) is 2.99. The number of urea groups is 1. The largest absolute Gasteiger partial charge is 0.332 e. The molecule has 1 N–H and O–H groups in total. The van der Waals surface area contributed by atoms with Gasteiger partial charge in [-0.15, -0.1) is 0 Å². The van der Waals surface area contributed by atoms with Crippen LogP contribution in [0.1, 0.15) is 12.0 Å². The Kier molecular flexibility index (Phi) is 5.70. The molecule has 4 rings (SSSR count). The van der Waals surface area contributed by atoms with Crippen LogP contribution < -0.4 is 10.2 Å². The minimum absolute atomic E-state index is 0.135. The highest BCUT2D eigenvalue weighted by atomic mass is 19.1. The molecule has 0 radical (unpaired) electrons. The molecule has 3 aromatic rings. The van der Waals surface area contributed by atoms with E-state index in [1.807, 2.05) is 0 Å². The zero-order chi connectivity index (χ0) is 21.8. The Morgan fingerprint density at radius 3 is 2.42 bits per heavy atom. The van der Waals surface area contributed by atoms with Gasteiger partial charge in [-0.05, 0) is 48.0 Å². The van der Waals surface area contributed by atoms with Gasteiger partial charge in [0.25, 0.3) is 5.91 Å². The third kappa shape index (κ3) is 4.42. The van der Waals surface area contributed by atoms with E-state index in [9.17, 15) is 18.8 Å². The Balaban J connectivity index is 1.58. The van der Waals surface area contributed by atoms with Crippen LogP contribution in [0.5, 0.6) is 0 Å². The molecule has 0 unspecified atom stereocenters. The fourth-order valence-electron chi connectivity index (χ4n) is 3.44. The first-order valence-corrected chi connectivity index (χ1v) is 9.67. The van der Waals surface area contributed by atoms with Crippen LogP contribution in [0.4, 0.5) is 20.6 Å². The van der Waals surface area contributed by atoms with Gasteiger partial charge in [-0.3, -0.25) is 14.6 Å². The third-order valence-electron chi connectivity index (χ3n) is 4.92. The van der Waals surface area contributed by atoms with Crippen molar-refractivity contribution in [2.45, 2.75) is 19.0 Å². The summed E-state index contributed by atoms with van der Waals surface area (Å²) in [5.74, 6) is -1.35. The molecule has 1 aliphatic rings. The maximum Gasteiger partial charge on any atom is 0.332 e. The summed E-state index contributed by atoms with van der Waals surface area (Å²) in [4.78, 5) is 45.4. The lowest BCUT2D eigenvalue weighted by molar-refractivity contribution is -0.124. The highest BCUT2D eigenvalue weighted by molar-refractivity contribution is 6.22. The van der Waals surface area contributed by atoms with E-state index in [0.717, 1.165) is 10.5 Å². The second-order valence-electron chi connectivity index (χ2n) is 7.06. The fourth-order valence-corrected chi connectivity index (χ4v) is 3.44. The van der Waals surface area contributed by atoms with Crippen LogP contribution in [0.25, 0.3) is 0 Å². The maximum atomic E-state index is 13.2. The molecule has 1 aromatic heterocycles. The normalized spacial score (nSPS) is 16.0. The average molecular weight is 418 g/mol. The number of nitrogens with zero attached hydrogens (tertiary/aromatic N) is 3. The second kappa shape index (κ2) is 8.74. The summed E-state index contributed by atoms with van der Waals surface area (Å²) < 4.78 is 13.1. The van der Waals surface area contributed by atoms with Crippen molar-refractivity contribution >= 4 is 29.2 Å². The number of para-hydroxylation sites is 1. The van der Waals surface area contributed by atoms with Crippen molar-refractivity contribution in [2.75, 3.05) is 10.2 Å². The van der Waals surface area contributed by atoms with Crippen LogP contribution in [-0.4, -0.2) is 33.8 Å². The molecular weight excluding hydrogens is 399 g/mol. The first kappa shape index (κ1) is 20.2. The Hall–Kier alpha value is -4.07. The molecule has 4 amide bonds. The molecular formula is C23H19FN4O3. The van der Waals surface area contributed by atoms with Gasteiger partial charge in [0.15, 0.2) is 0 Å². The van der Waals surface area contributed by atoms with E-state index < -0.39 is 29.7 Å². The van der Waals surface area contributed by atoms with Crippen molar-refractivity contribution in [3.05, 3.63) is 90.5 Å². The molecule has 1 atom stereocenters. The first-order chi connectivity index (χ1) is 15.0. The molecule has 7 nitrogen and oxygen atoms in total. The van der Waals surface area contributed by atoms with Crippen molar-refractivity contribution < 1.29 is 18.8 Å². The molecule has 8 heteroatoms. The average Bonchev–Trinajstić information content (AvgIpc) is 3.00. The highest BCUT2D eigenvalue weighted by Crippen LogP contribution is 2.28.